The van der Waals surface area contributed by atoms with Gasteiger partial charge in [-0.2, -0.15) is 5.10 Å². The lowest BCUT2D eigenvalue weighted by Crippen LogP contribution is -2.33. The van der Waals surface area contributed by atoms with Crippen molar-refractivity contribution in [1.82, 2.24) is 15.1 Å². The van der Waals surface area contributed by atoms with E-state index in [9.17, 15) is 4.79 Å². The van der Waals surface area contributed by atoms with Crippen molar-refractivity contribution in [2.45, 2.75) is 45.2 Å². The normalized spacial score (nSPS) is 13.3. The Labute approximate surface area is 142 Å². The molecule has 2 rings (SSSR count). The van der Waals surface area contributed by atoms with Crippen LogP contribution in [0.5, 0.6) is 0 Å². The maximum Gasteiger partial charge on any atom is 0.320 e. The maximum atomic E-state index is 12.4. The number of urea groups is 1. The van der Waals surface area contributed by atoms with E-state index in [-0.39, 0.29) is 24.7 Å². The first-order valence-corrected chi connectivity index (χ1v) is 8.42. The molecule has 0 radical (unpaired) electrons. The lowest BCUT2D eigenvalue weighted by atomic mass is 10.0. The van der Waals surface area contributed by atoms with Crippen molar-refractivity contribution < 1.29 is 9.90 Å². The van der Waals surface area contributed by atoms with Crippen LogP contribution in [0.4, 0.5) is 10.6 Å². The molecule has 0 aliphatic rings. The molecule has 2 aromatic rings. The van der Waals surface area contributed by atoms with Crippen molar-refractivity contribution in [3.05, 3.63) is 48.2 Å². The van der Waals surface area contributed by atoms with Crippen LogP contribution < -0.4 is 10.6 Å². The Bertz CT molecular complexity index is 627. The molecule has 0 aliphatic carbocycles. The van der Waals surface area contributed by atoms with Gasteiger partial charge in [-0.15, -0.1) is 0 Å². The SMILES string of the molecule is CCC(C)n1nccc1NC(=O)NC(CCCO)c1ccccc1. The Kier molecular flexibility index (Phi) is 6.81. The van der Waals surface area contributed by atoms with Crippen LogP contribution in [0.2, 0.25) is 0 Å². The third kappa shape index (κ3) is 4.83. The highest BCUT2D eigenvalue weighted by Gasteiger charge is 2.16. The number of hydrogen-bond acceptors (Lipinski definition) is 3. The van der Waals surface area contributed by atoms with Crippen LogP contribution in [0, 0.1) is 0 Å². The summed E-state index contributed by atoms with van der Waals surface area (Å²) in [4.78, 5) is 12.4. The lowest BCUT2D eigenvalue weighted by Gasteiger charge is -2.20. The quantitative estimate of drug-likeness (QED) is 0.693. The summed E-state index contributed by atoms with van der Waals surface area (Å²) in [6.07, 6.45) is 3.92. The minimum atomic E-state index is -0.271. The molecule has 0 saturated carbocycles. The van der Waals surface area contributed by atoms with Crippen LogP contribution in [0.3, 0.4) is 0 Å². The van der Waals surface area contributed by atoms with Gasteiger partial charge >= 0.3 is 6.03 Å². The van der Waals surface area contributed by atoms with Crippen LogP contribution in [0.25, 0.3) is 0 Å². The number of amides is 2. The molecule has 3 N–H and O–H groups in total. The minimum Gasteiger partial charge on any atom is -0.396 e. The maximum absolute atomic E-state index is 12.4. The highest BCUT2D eigenvalue weighted by molar-refractivity contribution is 5.88. The number of aliphatic hydroxyl groups is 1. The fourth-order valence-corrected chi connectivity index (χ4v) is 2.55. The number of nitrogens with zero attached hydrogens (tertiary/aromatic N) is 2. The van der Waals surface area contributed by atoms with Gasteiger partial charge in [0.25, 0.3) is 0 Å². The summed E-state index contributed by atoms with van der Waals surface area (Å²) in [5, 5.41) is 19.2. The largest absolute Gasteiger partial charge is 0.396 e. The third-order valence-electron chi connectivity index (χ3n) is 4.08. The number of carbonyl (C=O) groups excluding carboxylic acids is 1. The molecular formula is C18H26N4O2. The van der Waals surface area contributed by atoms with Crippen LogP contribution >= 0.6 is 0 Å². The second-order valence-electron chi connectivity index (χ2n) is 5.85. The predicted molar refractivity (Wildman–Crippen MR) is 94.9 cm³/mol. The number of aromatic nitrogens is 2. The van der Waals surface area contributed by atoms with E-state index < -0.39 is 0 Å². The molecular weight excluding hydrogens is 304 g/mol. The van der Waals surface area contributed by atoms with Gasteiger partial charge in [0.1, 0.15) is 5.82 Å². The van der Waals surface area contributed by atoms with Gasteiger partial charge in [-0.25, -0.2) is 9.48 Å². The molecule has 6 heteroatoms. The van der Waals surface area contributed by atoms with E-state index in [1.165, 1.54) is 0 Å². The summed E-state index contributed by atoms with van der Waals surface area (Å²) in [6.45, 7) is 4.24. The number of nitrogens with one attached hydrogen (secondary N) is 2. The summed E-state index contributed by atoms with van der Waals surface area (Å²) >= 11 is 0. The Morgan fingerprint density at radius 3 is 2.71 bits per heavy atom. The smallest absolute Gasteiger partial charge is 0.320 e. The summed E-state index contributed by atoms with van der Waals surface area (Å²) in [7, 11) is 0. The second kappa shape index (κ2) is 9.08. The number of rotatable bonds is 8. The average Bonchev–Trinajstić information content (AvgIpc) is 3.06. The van der Waals surface area contributed by atoms with Crippen LogP contribution in [0.1, 0.15) is 50.8 Å². The molecule has 0 fully saturated rings. The lowest BCUT2D eigenvalue weighted by molar-refractivity contribution is 0.243. The van der Waals surface area contributed by atoms with E-state index >= 15 is 0 Å². The van der Waals surface area contributed by atoms with Crippen molar-refractivity contribution in [2.75, 3.05) is 11.9 Å². The molecule has 1 heterocycles. The first kappa shape index (κ1) is 18.0. The zero-order valence-electron chi connectivity index (χ0n) is 14.3. The van der Waals surface area contributed by atoms with Gasteiger partial charge in [0, 0.05) is 12.7 Å². The molecule has 1 aromatic heterocycles. The summed E-state index contributed by atoms with van der Waals surface area (Å²) < 4.78 is 1.81. The van der Waals surface area contributed by atoms with E-state index in [2.05, 4.69) is 29.6 Å². The fourth-order valence-electron chi connectivity index (χ4n) is 2.55. The first-order valence-electron chi connectivity index (χ1n) is 8.42. The van der Waals surface area contributed by atoms with Crippen molar-refractivity contribution in [1.29, 1.82) is 0 Å². The van der Waals surface area contributed by atoms with Crippen LogP contribution in [0.15, 0.2) is 42.6 Å². The van der Waals surface area contributed by atoms with Gasteiger partial charge in [0.05, 0.1) is 18.3 Å². The molecule has 0 aliphatic heterocycles. The standard InChI is InChI=1S/C18H26N4O2/c1-3-14(2)22-17(11-12-19-22)21-18(24)20-16(10-7-13-23)15-8-5-4-6-9-15/h4-6,8-9,11-12,14,16,23H,3,7,10,13H2,1-2H3,(H2,20,21,24). The topological polar surface area (TPSA) is 79.2 Å². The molecule has 2 unspecified atom stereocenters. The second-order valence-corrected chi connectivity index (χ2v) is 5.85. The molecule has 0 bridgehead atoms. The third-order valence-corrected chi connectivity index (χ3v) is 4.08. The van der Waals surface area contributed by atoms with Crippen molar-refractivity contribution >= 4 is 11.8 Å². The highest BCUT2D eigenvalue weighted by Crippen LogP contribution is 2.19. The molecule has 24 heavy (non-hydrogen) atoms. The Balaban J connectivity index is 2.04. The molecule has 6 nitrogen and oxygen atoms in total. The number of carbonyl (C=O) groups is 1. The van der Waals surface area contributed by atoms with Gasteiger partial charge in [-0.05, 0) is 31.7 Å². The number of aliphatic hydroxyl groups excluding tert-OH is 1. The molecule has 2 amide bonds. The predicted octanol–water partition coefficient (Wildman–Crippen LogP) is 3.49. The Morgan fingerprint density at radius 1 is 1.29 bits per heavy atom. The highest BCUT2D eigenvalue weighted by atomic mass is 16.3. The van der Waals surface area contributed by atoms with Gasteiger partial charge in [0.2, 0.25) is 0 Å². The Morgan fingerprint density at radius 2 is 2.04 bits per heavy atom. The van der Waals surface area contributed by atoms with Gasteiger partial charge in [0.15, 0.2) is 0 Å². The van der Waals surface area contributed by atoms with Crippen molar-refractivity contribution in [2.24, 2.45) is 0 Å². The van der Waals surface area contributed by atoms with Crippen molar-refractivity contribution in [3.63, 3.8) is 0 Å². The number of hydrogen-bond donors (Lipinski definition) is 3. The zero-order valence-corrected chi connectivity index (χ0v) is 14.3. The van der Waals surface area contributed by atoms with E-state index in [0.717, 1.165) is 12.0 Å². The van der Waals surface area contributed by atoms with Crippen LogP contribution in [-0.4, -0.2) is 27.5 Å². The van der Waals surface area contributed by atoms with E-state index in [1.807, 2.05) is 35.0 Å². The summed E-state index contributed by atoms with van der Waals surface area (Å²) in [5.74, 6) is 0.677. The summed E-state index contributed by atoms with van der Waals surface area (Å²) in [6, 6.07) is 11.4. The monoisotopic (exact) mass is 330 g/mol. The van der Waals surface area contributed by atoms with E-state index in [4.69, 9.17) is 5.11 Å². The molecule has 0 spiro atoms. The zero-order chi connectivity index (χ0) is 17.4. The summed E-state index contributed by atoms with van der Waals surface area (Å²) in [5.41, 5.74) is 1.02. The number of anilines is 1. The van der Waals surface area contributed by atoms with E-state index in [0.29, 0.717) is 18.7 Å². The molecule has 130 valence electrons. The van der Waals surface area contributed by atoms with Gasteiger partial charge in [-0.3, -0.25) is 5.32 Å². The first-order chi connectivity index (χ1) is 11.7. The molecule has 2 atom stereocenters. The van der Waals surface area contributed by atoms with Crippen LogP contribution in [-0.2, 0) is 0 Å². The molecule has 0 saturated heterocycles. The van der Waals surface area contributed by atoms with Gasteiger partial charge < -0.3 is 10.4 Å². The van der Waals surface area contributed by atoms with Gasteiger partial charge in [-0.1, -0.05) is 37.3 Å². The Hall–Kier alpha value is -2.34. The number of benzene rings is 1. The average molecular weight is 330 g/mol. The fraction of sp³-hybridized carbons (Fsp3) is 0.444. The minimum absolute atomic E-state index is 0.105. The molecule has 1 aromatic carbocycles. The van der Waals surface area contributed by atoms with E-state index in [1.54, 1.807) is 12.3 Å². The van der Waals surface area contributed by atoms with Crippen molar-refractivity contribution in [3.8, 4) is 0 Å².